The first kappa shape index (κ1) is 19.0. The molecule has 0 radical (unpaired) electrons. The summed E-state index contributed by atoms with van der Waals surface area (Å²) in [5.74, 6) is 0.948. The lowest BCUT2D eigenvalue weighted by molar-refractivity contribution is -0.120. The van der Waals surface area contributed by atoms with Crippen molar-refractivity contribution in [2.75, 3.05) is 25.0 Å². The molecule has 1 aromatic carbocycles. The lowest BCUT2D eigenvalue weighted by atomic mass is 10.1. The average molecular weight is 393 g/mol. The standard InChI is InChI=1S/C19H22Cl2N4O/c20-16-6-3-13(10-17(16)21)11-24-18(26)12-22-9-7-15-5-4-14-2-1-8-23-19(14)25-15/h3-6,10,22H,1-2,7-9,11-12H2,(H,23,25)(H,24,26). The van der Waals surface area contributed by atoms with Crippen molar-refractivity contribution < 1.29 is 4.79 Å². The number of nitrogens with zero attached hydrogens (tertiary/aromatic N) is 1. The highest BCUT2D eigenvalue weighted by Gasteiger charge is 2.10. The van der Waals surface area contributed by atoms with Gasteiger partial charge in [-0.05, 0) is 42.2 Å². The maximum atomic E-state index is 11.9. The fourth-order valence-corrected chi connectivity index (χ4v) is 3.16. The van der Waals surface area contributed by atoms with E-state index in [4.69, 9.17) is 23.2 Å². The number of halogens is 2. The van der Waals surface area contributed by atoms with Crippen LogP contribution in [0.3, 0.4) is 0 Å². The third-order valence-electron chi connectivity index (χ3n) is 4.27. The van der Waals surface area contributed by atoms with Crippen molar-refractivity contribution in [3.63, 3.8) is 0 Å². The third kappa shape index (κ3) is 5.34. The molecule has 0 saturated carbocycles. The average Bonchev–Trinajstić information content (AvgIpc) is 2.66. The maximum absolute atomic E-state index is 11.9. The number of anilines is 1. The van der Waals surface area contributed by atoms with Gasteiger partial charge in [0.2, 0.25) is 5.91 Å². The van der Waals surface area contributed by atoms with Gasteiger partial charge in [-0.15, -0.1) is 0 Å². The van der Waals surface area contributed by atoms with Crippen molar-refractivity contribution in [2.24, 2.45) is 0 Å². The van der Waals surface area contributed by atoms with Crippen LogP contribution in [0.2, 0.25) is 10.0 Å². The highest BCUT2D eigenvalue weighted by atomic mass is 35.5. The summed E-state index contributed by atoms with van der Waals surface area (Å²) in [4.78, 5) is 16.6. The van der Waals surface area contributed by atoms with Crippen molar-refractivity contribution in [2.45, 2.75) is 25.8 Å². The summed E-state index contributed by atoms with van der Waals surface area (Å²) in [6, 6.07) is 9.54. The molecule has 2 heterocycles. The van der Waals surface area contributed by atoms with Crippen molar-refractivity contribution in [1.82, 2.24) is 15.6 Å². The Morgan fingerprint density at radius 3 is 2.92 bits per heavy atom. The molecule has 26 heavy (non-hydrogen) atoms. The van der Waals surface area contributed by atoms with E-state index in [0.29, 0.717) is 23.1 Å². The molecule has 0 unspecified atom stereocenters. The van der Waals surface area contributed by atoms with Gasteiger partial charge in [0.15, 0.2) is 0 Å². The molecule has 138 valence electrons. The lowest BCUT2D eigenvalue weighted by Gasteiger charge is -2.17. The minimum atomic E-state index is -0.0591. The Bertz CT molecular complexity index is 782. The summed E-state index contributed by atoms with van der Waals surface area (Å²) in [6.45, 7) is 2.38. The SMILES string of the molecule is O=C(CNCCc1ccc2c(n1)NCCC2)NCc1ccc(Cl)c(Cl)c1. The molecule has 1 aliphatic heterocycles. The number of aromatic nitrogens is 1. The van der Waals surface area contributed by atoms with Gasteiger partial charge < -0.3 is 16.0 Å². The van der Waals surface area contributed by atoms with Crippen LogP contribution in [-0.2, 0) is 24.2 Å². The van der Waals surface area contributed by atoms with Gasteiger partial charge in [0.1, 0.15) is 5.82 Å². The lowest BCUT2D eigenvalue weighted by Crippen LogP contribution is -2.34. The fraction of sp³-hybridized carbons (Fsp3) is 0.368. The van der Waals surface area contributed by atoms with Gasteiger partial charge in [0.05, 0.1) is 16.6 Å². The van der Waals surface area contributed by atoms with Crippen LogP contribution in [0.4, 0.5) is 5.82 Å². The van der Waals surface area contributed by atoms with Gasteiger partial charge in [-0.25, -0.2) is 4.98 Å². The first-order chi connectivity index (χ1) is 12.6. The van der Waals surface area contributed by atoms with Crippen LogP contribution in [0.25, 0.3) is 0 Å². The monoisotopic (exact) mass is 392 g/mol. The topological polar surface area (TPSA) is 66.0 Å². The normalized spacial score (nSPS) is 13.0. The summed E-state index contributed by atoms with van der Waals surface area (Å²) < 4.78 is 0. The number of aryl methyl sites for hydroxylation is 1. The number of pyridine rings is 1. The van der Waals surface area contributed by atoms with Crippen LogP contribution in [-0.4, -0.2) is 30.5 Å². The maximum Gasteiger partial charge on any atom is 0.234 e. The summed E-state index contributed by atoms with van der Waals surface area (Å²) >= 11 is 11.8. The third-order valence-corrected chi connectivity index (χ3v) is 5.01. The van der Waals surface area contributed by atoms with Crippen molar-refractivity contribution in [3.05, 3.63) is 57.2 Å². The number of hydrogen-bond acceptors (Lipinski definition) is 4. The molecule has 3 N–H and O–H groups in total. The fourth-order valence-electron chi connectivity index (χ4n) is 2.84. The second-order valence-electron chi connectivity index (χ2n) is 6.29. The molecule has 0 atom stereocenters. The number of nitrogens with one attached hydrogen (secondary N) is 3. The number of amides is 1. The van der Waals surface area contributed by atoms with E-state index in [0.717, 1.165) is 42.9 Å². The number of rotatable bonds is 7. The Labute approximate surface area is 163 Å². The molecular formula is C19H22Cl2N4O. The van der Waals surface area contributed by atoms with Gasteiger partial charge in [-0.2, -0.15) is 0 Å². The van der Waals surface area contributed by atoms with Crippen LogP contribution in [0.15, 0.2) is 30.3 Å². The molecule has 2 aromatic rings. The quantitative estimate of drug-likeness (QED) is 0.633. The molecule has 1 amide bonds. The van der Waals surface area contributed by atoms with Crippen LogP contribution >= 0.6 is 23.2 Å². The first-order valence-electron chi connectivity index (χ1n) is 8.76. The first-order valence-corrected chi connectivity index (χ1v) is 9.51. The molecule has 7 heteroatoms. The zero-order valence-corrected chi connectivity index (χ0v) is 16.0. The van der Waals surface area contributed by atoms with Gasteiger partial charge in [0, 0.05) is 31.7 Å². The van der Waals surface area contributed by atoms with Crippen LogP contribution < -0.4 is 16.0 Å². The highest BCUT2D eigenvalue weighted by molar-refractivity contribution is 6.42. The van der Waals surface area contributed by atoms with E-state index < -0.39 is 0 Å². The highest BCUT2D eigenvalue weighted by Crippen LogP contribution is 2.22. The number of benzene rings is 1. The van der Waals surface area contributed by atoms with Crippen molar-refractivity contribution in [1.29, 1.82) is 0 Å². The smallest absolute Gasteiger partial charge is 0.234 e. The molecule has 0 aliphatic carbocycles. The summed E-state index contributed by atoms with van der Waals surface area (Å²) in [7, 11) is 0. The van der Waals surface area contributed by atoms with Crippen LogP contribution in [0.5, 0.6) is 0 Å². The molecule has 1 aliphatic rings. The van der Waals surface area contributed by atoms with E-state index in [-0.39, 0.29) is 12.5 Å². The van der Waals surface area contributed by atoms with E-state index in [1.807, 2.05) is 6.07 Å². The Morgan fingerprint density at radius 2 is 2.08 bits per heavy atom. The predicted molar refractivity (Wildman–Crippen MR) is 106 cm³/mol. The van der Waals surface area contributed by atoms with Crippen molar-refractivity contribution >= 4 is 34.9 Å². The van der Waals surface area contributed by atoms with E-state index in [1.54, 1.807) is 12.1 Å². The van der Waals surface area contributed by atoms with Crippen LogP contribution in [0.1, 0.15) is 23.2 Å². The molecule has 3 rings (SSSR count). The van der Waals surface area contributed by atoms with Gasteiger partial charge in [-0.1, -0.05) is 35.3 Å². The van der Waals surface area contributed by atoms with E-state index >= 15 is 0 Å². The minimum absolute atomic E-state index is 0.0591. The molecule has 0 spiro atoms. The largest absolute Gasteiger partial charge is 0.370 e. The molecular weight excluding hydrogens is 371 g/mol. The molecule has 0 saturated heterocycles. The zero-order valence-electron chi connectivity index (χ0n) is 14.4. The summed E-state index contributed by atoms with van der Waals surface area (Å²) in [5, 5.41) is 10.3. The van der Waals surface area contributed by atoms with Crippen molar-refractivity contribution in [3.8, 4) is 0 Å². The Balaban J connectivity index is 1.36. The van der Waals surface area contributed by atoms with Gasteiger partial charge >= 0.3 is 0 Å². The van der Waals surface area contributed by atoms with E-state index in [1.165, 1.54) is 5.56 Å². The summed E-state index contributed by atoms with van der Waals surface area (Å²) in [5.41, 5.74) is 3.23. The molecule has 0 bridgehead atoms. The predicted octanol–water partition coefficient (Wildman–Crippen LogP) is 3.20. The second kappa shape index (κ2) is 9.21. The number of carbonyl (C=O) groups is 1. The minimum Gasteiger partial charge on any atom is -0.370 e. The molecule has 1 aromatic heterocycles. The van der Waals surface area contributed by atoms with Gasteiger partial charge in [-0.3, -0.25) is 4.79 Å². The number of fused-ring (bicyclic) bond motifs is 1. The second-order valence-corrected chi connectivity index (χ2v) is 7.11. The van der Waals surface area contributed by atoms with E-state index in [9.17, 15) is 4.79 Å². The number of carbonyl (C=O) groups excluding carboxylic acids is 1. The zero-order chi connectivity index (χ0) is 18.4. The molecule has 0 fully saturated rings. The Hall–Kier alpha value is -1.82. The number of hydrogen-bond donors (Lipinski definition) is 3. The summed E-state index contributed by atoms with van der Waals surface area (Å²) in [6.07, 6.45) is 3.04. The Morgan fingerprint density at radius 1 is 1.19 bits per heavy atom. The van der Waals surface area contributed by atoms with Crippen LogP contribution in [0, 0.1) is 0 Å². The molecule has 5 nitrogen and oxygen atoms in total. The Kier molecular flexibility index (Phi) is 6.72. The van der Waals surface area contributed by atoms with Gasteiger partial charge in [0.25, 0.3) is 0 Å². The van der Waals surface area contributed by atoms with E-state index in [2.05, 4.69) is 33.1 Å².